The summed E-state index contributed by atoms with van der Waals surface area (Å²) in [4.78, 5) is 4.43. The topological polar surface area (TPSA) is 18.5 Å². The predicted molar refractivity (Wildman–Crippen MR) is 67.3 cm³/mol. The molecular formula is C10H25N3S. The van der Waals surface area contributed by atoms with Gasteiger partial charge in [0.25, 0.3) is 0 Å². The molecule has 4 heteroatoms. The molecule has 0 aromatic carbocycles. The van der Waals surface area contributed by atoms with E-state index in [1.54, 1.807) is 0 Å². The molecule has 0 fully saturated rings. The summed E-state index contributed by atoms with van der Waals surface area (Å²) in [6, 6.07) is 0. The highest BCUT2D eigenvalue weighted by Gasteiger charge is 1.92. The van der Waals surface area contributed by atoms with Crippen LogP contribution >= 0.6 is 11.8 Å². The van der Waals surface area contributed by atoms with E-state index in [1.807, 2.05) is 11.8 Å². The minimum absolute atomic E-state index is 1.10. The van der Waals surface area contributed by atoms with Crippen LogP contribution in [0.2, 0.25) is 0 Å². The normalized spacial score (nSPS) is 11.6. The molecule has 14 heavy (non-hydrogen) atoms. The molecule has 0 aliphatic carbocycles. The fourth-order valence-electron chi connectivity index (χ4n) is 0.921. The van der Waals surface area contributed by atoms with Crippen molar-refractivity contribution in [3.63, 3.8) is 0 Å². The van der Waals surface area contributed by atoms with Crippen molar-refractivity contribution in [2.45, 2.75) is 0 Å². The third kappa shape index (κ3) is 12.2. The molecule has 0 saturated heterocycles. The number of rotatable bonds is 9. The standard InChI is InChI=1S/C10H25N3S/c1-12(2)7-5-11-6-9-14-10-8-13(3)4/h11H,5-10H2,1-4H3. The van der Waals surface area contributed by atoms with Crippen LogP contribution in [0.15, 0.2) is 0 Å². The van der Waals surface area contributed by atoms with Crippen molar-refractivity contribution in [3.05, 3.63) is 0 Å². The first-order valence-corrected chi connectivity index (χ1v) is 6.36. The number of hydrogen-bond acceptors (Lipinski definition) is 4. The van der Waals surface area contributed by atoms with E-state index in [0.717, 1.165) is 19.6 Å². The second-order valence-corrected chi connectivity index (χ2v) is 5.19. The van der Waals surface area contributed by atoms with Gasteiger partial charge in [-0.3, -0.25) is 0 Å². The van der Waals surface area contributed by atoms with Crippen LogP contribution in [0, 0.1) is 0 Å². The highest BCUT2D eigenvalue weighted by molar-refractivity contribution is 7.99. The van der Waals surface area contributed by atoms with Crippen molar-refractivity contribution in [1.29, 1.82) is 0 Å². The molecule has 0 atom stereocenters. The summed E-state index contributed by atoms with van der Waals surface area (Å²) >= 11 is 2.02. The lowest BCUT2D eigenvalue weighted by Gasteiger charge is -2.11. The van der Waals surface area contributed by atoms with E-state index in [0.29, 0.717) is 0 Å². The van der Waals surface area contributed by atoms with E-state index in [4.69, 9.17) is 0 Å². The molecule has 0 unspecified atom stereocenters. The van der Waals surface area contributed by atoms with Crippen molar-refractivity contribution in [1.82, 2.24) is 15.1 Å². The van der Waals surface area contributed by atoms with Gasteiger partial charge in [0.1, 0.15) is 0 Å². The van der Waals surface area contributed by atoms with Crippen LogP contribution in [0.4, 0.5) is 0 Å². The summed E-state index contributed by atoms with van der Waals surface area (Å²) in [7, 11) is 8.45. The SMILES string of the molecule is CN(C)CCNCCSCCN(C)C. The largest absolute Gasteiger partial charge is 0.315 e. The minimum atomic E-state index is 1.10. The second-order valence-electron chi connectivity index (χ2n) is 3.97. The lowest BCUT2D eigenvalue weighted by molar-refractivity contribution is 0.403. The van der Waals surface area contributed by atoms with Crippen LogP contribution in [-0.4, -0.2) is 75.7 Å². The van der Waals surface area contributed by atoms with Gasteiger partial charge in [-0.15, -0.1) is 0 Å². The lowest BCUT2D eigenvalue weighted by atomic mass is 10.5. The average molecular weight is 219 g/mol. The number of nitrogens with zero attached hydrogens (tertiary/aromatic N) is 2. The van der Waals surface area contributed by atoms with Crippen LogP contribution in [0.3, 0.4) is 0 Å². The first-order chi connectivity index (χ1) is 6.63. The van der Waals surface area contributed by atoms with Crippen LogP contribution in [0.25, 0.3) is 0 Å². The van der Waals surface area contributed by atoms with Gasteiger partial charge in [0.2, 0.25) is 0 Å². The molecule has 0 amide bonds. The Balaban J connectivity index is 2.92. The molecule has 0 heterocycles. The van der Waals surface area contributed by atoms with Gasteiger partial charge in [-0.05, 0) is 28.2 Å². The van der Waals surface area contributed by atoms with Crippen LogP contribution in [-0.2, 0) is 0 Å². The minimum Gasteiger partial charge on any atom is -0.315 e. The van der Waals surface area contributed by atoms with Crippen molar-refractivity contribution in [2.75, 3.05) is 65.9 Å². The summed E-state index contributed by atoms with van der Waals surface area (Å²) in [6.07, 6.45) is 0. The molecule has 0 saturated carbocycles. The Labute approximate surface area is 93.2 Å². The Morgan fingerprint density at radius 2 is 1.50 bits per heavy atom. The fourth-order valence-corrected chi connectivity index (χ4v) is 1.91. The fraction of sp³-hybridized carbons (Fsp3) is 1.00. The van der Waals surface area contributed by atoms with E-state index in [2.05, 4.69) is 43.3 Å². The van der Waals surface area contributed by atoms with Crippen molar-refractivity contribution < 1.29 is 0 Å². The van der Waals surface area contributed by atoms with Gasteiger partial charge >= 0.3 is 0 Å². The van der Waals surface area contributed by atoms with Gasteiger partial charge in [-0.1, -0.05) is 0 Å². The molecule has 0 rings (SSSR count). The zero-order valence-electron chi connectivity index (χ0n) is 10.0. The van der Waals surface area contributed by atoms with Gasteiger partial charge in [0.15, 0.2) is 0 Å². The van der Waals surface area contributed by atoms with Gasteiger partial charge < -0.3 is 15.1 Å². The Hall–Kier alpha value is 0.230. The van der Waals surface area contributed by atoms with Gasteiger partial charge in [-0.2, -0.15) is 11.8 Å². The molecule has 0 bridgehead atoms. The molecule has 0 aliphatic rings. The quantitative estimate of drug-likeness (QED) is 0.567. The van der Waals surface area contributed by atoms with E-state index in [-0.39, 0.29) is 0 Å². The lowest BCUT2D eigenvalue weighted by Crippen LogP contribution is -2.28. The molecular weight excluding hydrogens is 194 g/mol. The Morgan fingerprint density at radius 3 is 2.07 bits per heavy atom. The summed E-state index contributed by atoms with van der Waals surface area (Å²) in [6.45, 7) is 4.54. The zero-order valence-corrected chi connectivity index (χ0v) is 10.9. The third-order valence-corrected chi connectivity index (χ3v) is 2.81. The molecule has 3 nitrogen and oxygen atoms in total. The average Bonchev–Trinajstić information content (AvgIpc) is 2.08. The third-order valence-electron chi connectivity index (χ3n) is 1.84. The highest BCUT2D eigenvalue weighted by Crippen LogP contribution is 1.97. The Bertz CT molecular complexity index is 104. The summed E-state index contributed by atoms with van der Waals surface area (Å²) in [5.41, 5.74) is 0. The van der Waals surface area contributed by atoms with E-state index in [1.165, 1.54) is 18.1 Å². The highest BCUT2D eigenvalue weighted by atomic mass is 32.2. The van der Waals surface area contributed by atoms with Crippen LogP contribution in [0.5, 0.6) is 0 Å². The number of hydrogen-bond donors (Lipinski definition) is 1. The van der Waals surface area contributed by atoms with Crippen molar-refractivity contribution in [3.8, 4) is 0 Å². The molecule has 0 aromatic heterocycles. The maximum Gasteiger partial charge on any atom is 0.0101 e. The molecule has 86 valence electrons. The summed E-state index contributed by atoms with van der Waals surface area (Å²) in [5.74, 6) is 2.46. The number of likely N-dealkylation sites (N-methyl/N-ethyl adjacent to an activating group) is 1. The van der Waals surface area contributed by atoms with E-state index in [9.17, 15) is 0 Å². The predicted octanol–water partition coefficient (Wildman–Crippen LogP) is 0.432. The maximum absolute atomic E-state index is 3.43. The monoisotopic (exact) mass is 219 g/mol. The molecule has 1 N–H and O–H groups in total. The van der Waals surface area contributed by atoms with E-state index >= 15 is 0 Å². The number of thioether (sulfide) groups is 1. The molecule has 0 radical (unpaired) electrons. The molecule has 0 aromatic rings. The van der Waals surface area contributed by atoms with Gasteiger partial charge in [0, 0.05) is 37.7 Å². The van der Waals surface area contributed by atoms with E-state index < -0.39 is 0 Å². The Morgan fingerprint density at radius 1 is 0.857 bits per heavy atom. The summed E-state index contributed by atoms with van der Waals surface area (Å²) < 4.78 is 0. The van der Waals surface area contributed by atoms with Crippen molar-refractivity contribution >= 4 is 11.8 Å². The number of nitrogens with one attached hydrogen (secondary N) is 1. The first-order valence-electron chi connectivity index (χ1n) is 5.21. The maximum atomic E-state index is 3.43. The smallest absolute Gasteiger partial charge is 0.0101 e. The first kappa shape index (κ1) is 14.2. The van der Waals surface area contributed by atoms with Crippen LogP contribution in [0.1, 0.15) is 0 Å². The Kier molecular flexibility index (Phi) is 9.93. The zero-order chi connectivity index (χ0) is 10.8. The van der Waals surface area contributed by atoms with Crippen molar-refractivity contribution in [2.24, 2.45) is 0 Å². The second kappa shape index (κ2) is 9.77. The molecule has 0 spiro atoms. The summed E-state index contributed by atoms with van der Waals surface area (Å²) in [5, 5.41) is 3.43. The van der Waals surface area contributed by atoms with Crippen LogP contribution < -0.4 is 5.32 Å². The van der Waals surface area contributed by atoms with Gasteiger partial charge in [-0.25, -0.2) is 0 Å². The molecule has 0 aliphatic heterocycles. The van der Waals surface area contributed by atoms with Gasteiger partial charge in [0.05, 0.1) is 0 Å².